The van der Waals surface area contributed by atoms with E-state index in [1.54, 1.807) is 17.2 Å². The molecule has 0 aliphatic carbocycles. The Labute approximate surface area is 124 Å². The lowest BCUT2D eigenvalue weighted by Crippen LogP contribution is -2.40. The second-order valence-electron chi connectivity index (χ2n) is 5.77. The molecule has 4 nitrogen and oxygen atoms in total. The molecule has 0 saturated carbocycles. The third-order valence-electron chi connectivity index (χ3n) is 2.97. The smallest absolute Gasteiger partial charge is 0.411 e. The normalized spacial score (nSPS) is 19.0. The predicted molar refractivity (Wildman–Crippen MR) is 78.7 cm³/mol. The van der Waals surface area contributed by atoms with E-state index >= 15 is 0 Å². The summed E-state index contributed by atoms with van der Waals surface area (Å²) < 4.78 is 5.46. The van der Waals surface area contributed by atoms with Crippen LogP contribution in [0, 0.1) is 0 Å². The highest BCUT2D eigenvalue weighted by molar-refractivity contribution is 6.29. The highest BCUT2D eigenvalue weighted by atomic mass is 35.5. The van der Waals surface area contributed by atoms with Gasteiger partial charge in [-0.15, -0.1) is 0 Å². The Morgan fingerprint density at radius 2 is 2.15 bits per heavy atom. The largest absolute Gasteiger partial charge is 0.444 e. The summed E-state index contributed by atoms with van der Waals surface area (Å²) in [6.07, 6.45) is 6.21. The molecule has 2 rings (SSSR count). The van der Waals surface area contributed by atoms with Crippen molar-refractivity contribution in [3.63, 3.8) is 0 Å². The summed E-state index contributed by atoms with van der Waals surface area (Å²) in [4.78, 5) is 18.1. The van der Waals surface area contributed by atoms with Gasteiger partial charge in [0.05, 0.1) is 6.04 Å². The molecule has 0 aromatic carbocycles. The molecule has 1 aliphatic rings. The molecule has 1 aromatic heterocycles. The lowest BCUT2D eigenvalue weighted by Gasteiger charge is -2.34. The minimum atomic E-state index is -0.499. The van der Waals surface area contributed by atoms with Crippen LogP contribution < -0.4 is 0 Å². The molecule has 0 N–H and O–H groups in total. The number of pyridine rings is 1. The van der Waals surface area contributed by atoms with E-state index in [9.17, 15) is 4.79 Å². The van der Waals surface area contributed by atoms with Gasteiger partial charge in [0.2, 0.25) is 0 Å². The number of hydrogen-bond donors (Lipinski definition) is 0. The molecule has 20 heavy (non-hydrogen) atoms. The molecule has 0 saturated heterocycles. The fraction of sp³-hybridized carbons (Fsp3) is 0.467. The van der Waals surface area contributed by atoms with Crippen molar-refractivity contribution in [1.29, 1.82) is 0 Å². The Hall–Kier alpha value is -1.55. The molecule has 1 unspecified atom stereocenters. The van der Waals surface area contributed by atoms with E-state index in [1.165, 1.54) is 0 Å². The zero-order chi connectivity index (χ0) is 14.8. The quantitative estimate of drug-likeness (QED) is 0.581. The van der Waals surface area contributed by atoms with Crippen LogP contribution in [0.5, 0.6) is 0 Å². The molecule has 5 heteroatoms. The first-order valence-electron chi connectivity index (χ1n) is 6.63. The lowest BCUT2D eigenvalue weighted by molar-refractivity contribution is 0.0176. The molecule has 0 fully saturated rings. The maximum atomic E-state index is 12.3. The number of ether oxygens (including phenoxy) is 1. The summed E-state index contributed by atoms with van der Waals surface area (Å²) in [5, 5.41) is 0.448. The van der Waals surface area contributed by atoms with Crippen LogP contribution in [-0.2, 0) is 4.74 Å². The number of carbonyl (C=O) groups is 1. The molecule has 0 spiro atoms. The third-order valence-corrected chi connectivity index (χ3v) is 3.19. The van der Waals surface area contributed by atoms with E-state index in [1.807, 2.05) is 32.9 Å². The van der Waals surface area contributed by atoms with Gasteiger partial charge < -0.3 is 4.74 Å². The van der Waals surface area contributed by atoms with Crippen LogP contribution in [0.4, 0.5) is 4.79 Å². The molecule has 1 amide bonds. The van der Waals surface area contributed by atoms with Gasteiger partial charge in [0.1, 0.15) is 10.8 Å². The van der Waals surface area contributed by atoms with Crippen molar-refractivity contribution in [2.24, 2.45) is 0 Å². The minimum absolute atomic E-state index is 0.0559. The standard InChI is InChI=1S/C15H19ClN2O2/c1-15(2,3)20-14(19)18-9-5-4-6-12(18)11-7-8-13(16)17-10-11/h4-5,7-8,10,12H,6,9H2,1-3H3. The van der Waals surface area contributed by atoms with Crippen molar-refractivity contribution in [3.8, 4) is 0 Å². The Morgan fingerprint density at radius 1 is 1.40 bits per heavy atom. The van der Waals surface area contributed by atoms with Gasteiger partial charge >= 0.3 is 6.09 Å². The molecule has 0 radical (unpaired) electrons. The van der Waals surface area contributed by atoms with Gasteiger partial charge in [0.25, 0.3) is 0 Å². The van der Waals surface area contributed by atoms with E-state index in [0.717, 1.165) is 12.0 Å². The Balaban J connectivity index is 2.19. The number of rotatable bonds is 1. The van der Waals surface area contributed by atoms with E-state index in [-0.39, 0.29) is 12.1 Å². The molecule has 1 aliphatic heterocycles. The number of carbonyl (C=O) groups excluding carboxylic acids is 1. The first-order valence-corrected chi connectivity index (χ1v) is 7.01. The van der Waals surface area contributed by atoms with E-state index in [0.29, 0.717) is 11.7 Å². The summed E-state index contributed by atoms with van der Waals surface area (Å²) >= 11 is 5.81. The van der Waals surface area contributed by atoms with Gasteiger partial charge in [-0.1, -0.05) is 29.8 Å². The van der Waals surface area contributed by atoms with Crippen LogP contribution >= 0.6 is 11.6 Å². The third kappa shape index (κ3) is 3.73. The van der Waals surface area contributed by atoms with Crippen molar-refractivity contribution < 1.29 is 9.53 Å². The predicted octanol–water partition coefficient (Wildman–Crippen LogP) is 3.97. The van der Waals surface area contributed by atoms with Gasteiger partial charge in [0, 0.05) is 12.7 Å². The van der Waals surface area contributed by atoms with Gasteiger partial charge in [-0.25, -0.2) is 9.78 Å². The van der Waals surface area contributed by atoms with E-state index in [4.69, 9.17) is 16.3 Å². The monoisotopic (exact) mass is 294 g/mol. The van der Waals surface area contributed by atoms with Crippen LogP contribution in [0.2, 0.25) is 5.15 Å². The van der Waals surface area contributed by atoms with Crippen molar-refractivity contribution in [2.45, 2.75) is 38.8 Å². The molecule has 0 bridgehead atoms. The minimum Gasteiger partial charge on any atom is -0.444 e. The van der Waals surface area contributed by atoms with Crippen molar-refractivity contribution in [2.75, 3.05) is 6.54 Å². The summed E-state index contributed by atoms with van der Waals surface area (Å²) in [7, 11) is 0. The Morgan fingerprint density at radius 3 is 2.75 bits per heavy atom. The fourth-order valence-corrected chi connectivity index (χ4v) is 2.20. The van der Waals surface area contributed by atoms with Crippen molar-refractivity contribution in [1.82, 2.24) is 9.88 Å². The van der Waals surface area contributed by atoms with Gasteiger partial charge in [-0.05, 0) is 38.8 Å². The Kier molecular flexibility index (Phi) is 4.33. The fourth-order valence-electron chi connectivity index (χ4n) is 2.09. The highest BCUT2D eigenvalue weighted by Gasteiger charge is 2.29. The highest BCUT2D eigenvalue weighted by Crippen LogP contribution is 2.29. The molecule has 108 valence electrons. The topological polar surface area (TPSA) is 42.4 Å². The number of hydrogen-bond acceptors (Lipinski definition) is 3. The summed E-state index contributed by atoms with van der Waals surface area (Å²) in [5.74, 6) is 0. The second kappa shape index (κ2) is 5.83. The number of amides is 1. The van der Waals surface area contributed by atoms with Crippen molar-refractivity contribution >= 4 is 17.7 Å². The molecular formula is C15H19ClN2O2. The lowest BCUT2D eigenvalue weighted by atomic mass is 10.0. The summed E-state index contributed by atoms with van der Waals surface area (Å²) in [5.41, 5.74) is 0.464. The Bertz CT molecular complexity index is 506. The number of halogens is 1. The molecule has 1 atom stereocenters. The van der Waals surface area contributed by atoms with Crippen LogP contribution in [-0.4, -0.2) is 28.1 Å². The number of aromatic nitrogens is 1. The zero-order valence-corrected chi connectivity index (χ0v) is 12.7. The molecular weight excluding hydrogens is 276 g/mol. The van der Waals surface area contributed by atoms with Crippen LogP contribution in [0.1, 0.15) is 38.8 Å². The van der Waals surface area contributed by atoms with E-state index < -0.39 is 5.60 Å². The SMILES string of the molecule is CC(C)(C)OC(=O)N1CC=CCC1c1ccc(Cl)nc1. The second-order valence-corrected chi connectivity index (χ2v) is 6.16. The number of nitrogens with zero attached hydrogens (tertiary/aromatic N) is 2. The van der Waals surface area contributed by atoms with E-state index in [2.05, 4.69) is 11.1 Å². The maximum Gasteiger partial charge on any atom is 0.411 e. The van der Waals surface area contributed by atoms with Gasteiger partial charge in [0.15, 0.2) is 0 Å². The first-order chi connectivity index (χ1) is 9.37. The van der Waals surface area contributed by atoms with Gasteiger partial charge in [-0.2, -0.15) is 0 Å². The average Bonchev–Trinajstić information content (AvgIpc) is 2.38. The average molecular weight is 295 g/mol. The summed E-state index contributed by atoms with van der Waals surface area (Å²) in [6, 6.07) is 3.58. The molecule has 1 aromatic rings. The molecule has 2 heterocycles. The van der Waals surface area contributed by atoms with Crippen LogP contribution in [0.15, 0.2) is 30.5 Å². The van der Waals surface area contributed by atoms with Crippen LogP contribution in [0.25, 0.3) is 0 Å². The maximum absolute atomic E-state index is 12.3. The van der Waals surface area contributed by atoms with Crippen molar-refractivity contribution in [3.05, 3.63) is 41.2 Å². The first kappa shape index (κ1) is 14.9. The van der Waals surface area contributed by atoms with Gasteiger partial charge in [-0.3, -0.25) is 4.90 Å². The van der Waals surface area contributed by atoms with Crippen LogP contribution in [0.3, 0.4) is 0 Å². The zero-order valence-electron chi connectivity index (χ0n) is 12.0. The summed E-state index contributed by atoms with van der Waals surface area (Å²) in [6.45, 7) is 6.14.